The standard InChI is InChI=1S/C20H22N6O/c1-13-21-10-9-17(22-13)14-5-3-6-15(11-14)23-20(27)26(2)12-19-16-7-4-8-18(16)24-25-19/h3,5-6,9-11H,4,7-8,12H2,1-2H3,(H,23,27)(H,24,25). The average molecular weight is 362 g/mol. The quantitative estimate of drug-likeness (QED) is 0.745. The minimum atomic E-state index is -0.166. The Labute approximate surface area is 157 Å². The highest BCUT2D eigenvalue weighted by Crippen LogP contribution is 2.24. The van der Waals surface area contributed by atoms with Crippen LogP contribution in [0.2, 0.25) is 0 Å². The van der Waals surface area contributed by atoms with E-state index in [1.54, 1.807) is 18.1 Å². The minimum absolute atomic E-state index is 0.166. The van der Waals surface area contributed by atoms with Crippen molar-refractivity contribution in [2.75, 3.05) is 12.4 Å². The van der Waals surface area contributed by atoms with Gasteiger partial charge in [-0.15, -0.1) is 0 Å². The van der Waals surface area contributed by atoms with Crippen LogP contribution in [0.25, 0.3) is 11.3 Å². The lowest BCUT2D eigenvalue weighted by atomic mass is 10.1. The molecule has 2 N–H and O–H groups in total. The lowest BCUT2D eigenvalue weighted by molar-refractivity contribution is 0.220. The fourth-order valence-electron chi connectivity index (χ4n) is 3.41. The summed E-state index contributed by atoms with van der Waals surface area (Å²) < 4.78 is 0. The third kappa shape index (κ3) is 3.67. The van der Waals surface area contributed by atoms with Crippen molar-refractivity contribution in [3.8, 4) is 11.3 Å². The second kappa shape index (κ2) is 7.19. The van der Waals surface area contributed by atoms with Crippen LogP contribution in [0.5, 0.6) is 0 Å². The van der Waals surface area contributed by atoms with E-state index in [0.29, 0.717) is 12.4 Å². The van der Waals surface area contributed by atoms with Gasteiger partial charge in [-0.25, -0.2) is 14.8 Å². The van der Waals surface area contributed by atoms with Gasteiger partial charge in [-0.05, 0) is 49.9 Å². The molecule has 0 saturated heterocycles. The van der Waals surface area contributed by atoms with Gasteiger partial charge in [-0.1, -0.05) is 12.1 Å². The van der Waals surface area contributed by atoms with Gasteiger partial charge in [0.15, 0.2) is 0 Å². The highest BCUT2D eigenvalue weighted by atomic mass is 16.2. The fraction of sp³-hybridized carbons (Fsp3) is 0.300. The Morgan fingerprint density at radius 2 is 2.19 bits per heavy atom. The van der Waals surface area contributed by atoms with Crippen molar-refractivity contribution in [1.29, 1.82) is 0 Å². The summed E-state index contributed by atoms with van der Waals surface area (Å²) in [7, 11) is 1.78. The van der Waals surface area contributed by atoms with Crippen molar-refractivity contribution in [3.63, 3.8) is 0 Å². The van der Waals surface area contributed by atoms with Crippen LogP contribution in [0.1, 0.15) is 29.2 Å². The number of aromatic amines is 1. The number of nitrogens with one attached hydrogen (secondary N) is 2. The number of anilines is 1. The lowest BCUT2D eigenvalue weighted by Gasteiger charge is -2.17. The predicted octanol–water partition coefficient (Wildman–Crippen LogP) is 3.33. The summed E-state index contributed by atoms with van der Waals surface area (Å²) in [5.74, 6) is 0.716. The Morgan fingerprint density at radius 1 is 1.30 bits per heavy atom. The molecule has 2 heterocycles. The van der Waals surface area contributed by atoms with Crippen molar-refractivity contribution < 1.29 is 4.79 Å². The van der Waals surface area contributed by atoms with E-state index in [2.05, 4.69) is 25.5 Å². The molecule has 0 radical (unpaired) electrons. The van der Waals surface area contributed by atoms with Gasteiger partial charge >= 0.3 is 6.03 Å². The maximum absolute atomic E-state index is 12.6. The largest absolute Gasteiger partial charge is 0.322 e. The molecule has 0 unspecified atom stereocenters. The molecule has 1 aliphatic rings. The van der Waals surface area contributed by atoms with Crippen molar-refractivity contribution >= 4 is 11.7 Å². The van der Waals surface area contributed by atoms with Gasteiger partial charge in [0, 0.05) is 30.2 Å². The molecule has 2 aromatic heterocycles. The molecule has 0 saturated carbocycles. The smallest absolute Gasteiger partial charge is 0.321 e. The zero-order valence-electron chi connectivity index (χ0n) is 15.5. The Morgan fingerprint density at radius 3 is 3.04 bits per heavy atom. The first-order valence-corrected chi connectivity index (χ1v) is 9.07. The molecule has 7 nitrogen and oxygen atoms in total. The van der Waals surface area contributed by atoms with Crippen LogP contribution in [0, 0.1) is 6.92 Å². The summed E-state index contributed by atoms with van der Waals surface area (Å²) in [4.78, 5) is 22.8. The van der Waals surface area contributed by atoms with Crippen LogP contribution < -0.4 is 5.32 Å². The van der Waals surface area contributed by atoms with Crippen LogP contribution in [0.15, 0.2) is 36.5 Å². The Hall–Kier alpha value is -3.22. The number of urea groups is 1. The van der Waals surface area contributed by atoms with Gasteiger partial charge in [0.2, 0.25) is 0 Å². The van der Waals surface area contributed by atoms with E-state index in [1.165, 1.54) is 11.3 Å². The van der Waals surface area contributed by atoms with Crippen molar-refractivity contribution in [1.82, 2.24) is 25.1 Å². The van der Waals surface area contributed by atoms with Crippen LogP contribution >= 0.6 is 0 Å². The maximum atomic E-state index is 12.6. The van der Waals surface area contributed by atoms with Crippen LogP contribution in [0.3, 0.4) is 0 Å². The number of benzene rings is 1. The molecule has 0 spiro atoms. The Kier molecular flexibility index (Phi) is 4.58. The molecule has 4 rings (SSSR count). The van der Waals surface area contributed by atoms with Gasteiger partial charge in [-0.2, -0.15) is 5.10 Å². The van der Waals surface area contributed by atoms with Gasteiger partial charge in [0.1, 0.15) is 5.82 Å². The number of aryl methyl sites for hydroxylation is 2. The van der Waals surface area contributed by atoms with E-state index in [9.17, 15) is 4.79 Å². The average Bonchev–Trinajstić information content (AvgIpc) is 3.27. The maximum Gasteiger partial charge on any atom is 0.321 e. The second-order valence-electron chi connectivity index (χ2n) is 6.84. The molecule has 2 amide bonds. The number of amides is 2. The summed E-state index contributed by atoms with van der Waals surface area (Å²) >= 11 is 0. The fourth-order valence-corrected chi connectivity index (χ4v) is 3.41. The normalized spacial score (nSPS) is 12.7. The summed E-state index contributed by atoms with van der Waals surface area (Å²) in [5.41, 5.74) is 5.95. The number of hydrogen-bond acceptors (Lipinski definition) is 4. The van der Waals surface area contributed by atoms with Crippen molar-refractivity contribution in [2.45, 2.75) is 32.7 Å². The molecule has 0 bridgehead atoms. The number of carbonyl (C=O) groups is 1. The van der Waals surface area contributed by atoms with Crippen molar-refractivity contribution in [2.24, 2.45) is 0 Å². The Balaban J connectivity index is 1.45. The number of H-pyrrole nitrogens is 1. The van der Waals surface area contributed by atoms with Gasteiger partial charge in [0.05, 0.1) is 17.9 Å². The first kappa shape index (κ1) is 17.2. The second-order valence-corrected chi connectivity index (χ2v) is 6.84. The molecular weight excluding hydrogens is 340 g/mol. The van der Waals surface area contributed by atoms with E-state index in [4.69, 9.17) is 0 Å². The summed E-state index contributed by atoms with van der Waals surface area (Å²) in [5, 5.41) is 10.4. The first-order valence-electron chi connectivity index (χ1n) is 9.07. The van der Waals surface area contributed by atoms with Crippen LogP contribution in [-0.4, -0.2) is 38.1 Å². The molecule has 138 valence electrons. The van der Waals surface area contributed by atoms with E-state index in [-0.39, 0.29) is 6.03 Å². The highest BCUT2D eigenvalue weighted by molar-refractivity contribution is 5.89. The molecular formula is C20H22N6O. The van der Waals surface area contributed by atoms with Gasteiger partial charge in [-0.3, -0.25) is 5.10 Å². The summed E-state index contributed by atoms with van der Waals surface area (Å²) in [6, 6.07) is 9.35. The van der Waals surface area contributed by atoms with E-state index in [0.717, 1.165) is 41.9 Å². The molecule has 0 atom stereocenters. The number of hydrogen-bond donors (Lipinski definition) is 2. The van der Waals surface area contributed by atoms with E-state index in [1.807, 2.05) is 37.3 Å². The lowest BCUT2D eigenvalue weighted by Crippen LogP contribution is -2.31. The third-order valence-corrected chi connectivity index (χ3v) is 4.81. The molecule has 7 heteroatoms. The molecule has 0 aliphatic heterocycles. The number of aromatic nitrogens is 4. The van der Waals surface area contributed by atoms with Crippen LogP contribution in [-0.2, 0) is 19.4 Å². The number of nitrogens with zero attached hydrogens (tertiary/aromatic N) is 4. The number of fused-ring (bicyclic) bond motifs is 1. The first-order chi connectivity index (χ1) is 13.1. The van der Waals surface area contributed by atoms with Crippen LogP contribution in [0.4, 0.5) is 10.5 Å². The van der Waals surface area contributed by atoms with Crippen molar-refractivity contribution in [3.05, 3.63) is 59.3 Å². The van der Waals surface area contributed by atoms with Gasteiger partial charge < -0.3 is 10.2 Å². The molecule has 0 fully saturated rings. The minimum Gasteiger partial charge on any atom is -0.322 e. The SMILES string of the molecule is Cc1nccc(-c2cccc(NC(=O)N(C)Cc3n[nH]c4c3CCC4)c2)n1. The van der Waals surface area contributed by atoms with E-state index < -0.39 is 0 Å². The molecule has 27 heavy (non-hydrogen) atoms. The zero-order valence-corrected chi connectivity index (χ0v) is 15.5. The molecule has 1 aliphatic carbocycles. The number of carbonyl (C=O) groups excluding carboxylic acids is 1. The van der Waals surface area contributed by atoms with Gasteiger partial charge in [0.25, 0.3) is 0 Å². The third-order valence-electron chi connectivity index (χ3n) is 4.81. The number of rotatable bonds is 4. The zero-order chi connectivity index (χ0) is 18.8. The predicted molar refractivity (Wildman–Crippen MR) is 103 cm³/mol. The highest BCUT2D eigenvalue weighted by Gasteiger charge is 2.20. The topological polar surface area (TPSA) is 86.8 Å². The summed E-state index contributed by atoms with van der Waals surface area (Å²) in [6.45, 7) is 2.35. The molecule has 3 aromatic rings. The summed E-state index contributed by atoms with van der Waals surface area (Å²) in [6.07, 6.45) is 4.98. The monoisotopic (exact) mass is 362 g/mol. The molecule has 1 aromatic carbocycles. The Bertz CT molecular complexity index is 980. The van der Waals surface area contributed by atoms with E-state index >= 15 is 0 Å².